The highest BCUT2D eigenvalue weighted by Gasteiger charge is 2.17. The highest BCUT2D eigenvalue weighted by atomic mass is 79.9. The summed E-state index contributed by atoms with van der Waals surface area (Å²) >= 11 is 3.48. The molecule has 0 atom stereocenters. The molecule has 5 rings (SSSR count). The van der Waals surface area contributed by atoms with E-state index in [9.17, 15) is 0 Å². The number of rotatable bonds is 3. The summed E-state index contributed by atoms with van der Waals surface area (Å²) in [5.41, 5.74) is 4.73. The molecular formula is C20H14BrN5. The summed E-state index contributed by atoms with van der Waals surface area (Å²) in [4.78, 5) is 9.36. The fourth-order valence-electron chi connectivity index (χ4n) is 3.11. The minimum Gasteiger partial charge on any atom is -0.348 e. The molecule has 0 saturated carbocycles. The van der Waals surface area contributed by atoms with Crippen molar-refractivity contribution in [2.45, 2.75) is 6.54 Å². The lowest BCUT2D eigenvalue weighted by Crippen LogP contribution is -2.00. The van der Waals surface area contributed by atoms with E-state index in [2.05, 4.69) is 59.9 Å². The van der Waals surface area contributed by atoms with Crippen LogP contribution in [0.15, 0.2) is 71.5 Å². The molecular weight excluding hydrogens is 390 g/mol. The molecule has 2 aromatic carbocycles. The molecule has 126 valence electrons. The molecule has 0 fully saturated rings. The second-order valence-corrected chi connectivity index (χ2v) is 7.10. The van der Waals surface area contributed by atoms with Crippen molar-refractivity contribution in [1.29, 1.82) is 0 Å². The monoisotopic (exact) mass is 403 g/mol. The molecule has 3 heterocycles. The molecule has 0 spiro atoms. The van der Waals surface area contributed by atoms with Gasteiger partial charge in [0.15, 0.2) is 5.82 Å². The Balaban J connectivity index is 1.54. The molecule has 2 aliphatic rings. The van der Waals surface area contributed by atoms with Crippen molar-refractivity contribution < 1.29 is 0 Å². The van der Waals surface area contributed by atoms with Crippen LogP contribution < -0.4 is 0 Å². The fraction of sp³-hybridized carbons (Fsp3) is 0.0500. The van der Waals surface area contributed by atoms with Crippen molar-refractivity contribution in [2.75, 3.05) is 0 Å². The van der Waals surface area contributed by atoms with Gasteiger partial charge < -0.3 is 4.57 Å². The van der Waals surface area contributed by atoms with Crippen LogP contribution in [0.3, 0.4) is 0 Å². The van der Waals surface area contributed by atoms with Crippen LogP contribution in [0, 0.1) is 0 Å². The quantitative estimate of drug-likeness (QED) is 0.473. The van der Waals surface area contributed by atoms with E-state index in [0.717, 1.165) is 39.0 Å². The molecule has 26 heavy (non-hydrogen) atoms. The third-order valence-corrected chi connectivity index (χ3v) is 4.87. The van der Waals surface area contributed by atoms with Crippen LogP contribution in [0.4, 0.5) is 0 Å². The highest BCUT2D eigenvalue weighted by Crippen LogP contribution is 2.29. The molecule has 1 aromatic heterocycles. The van der Waals surface area contributed by atoms with Gasteiger partial charge in [0.05, 0.1) is 11.2 Å². The van der Waals surface area contributed by atoms with Crippen molar-refractivity contribution in [3.63, 3.8) is 0 Å². The van der Waals surface area contributed by atoms with Crippen LogP contribution in [0.5, 0.6) is 0 Å². The number of imidazole rings is 1. The van der Waals surface area contributed by atoms with Gasteiger partial charge in [-0.05, 0) is 29.8 Å². The van der Waals surface area contributed by atoms with Gasteiger partial charge in [0.1, 0.15) is 11.4 Å². The zero-order valence-electron chi connectivity index (χ0n) is 13.7. The first-order chi connectivity index (χ1) is 12.8. The first-order valence-corrected chi connectivity index (χ1v) is 9.07. The van der Waals surface area contributed by atoms with Gasteiger partial charge in [-0.1, -0.05) is 46.3 Å². The number of pyridine rings is 1. The molecule has 0 bridgehead atoms. The molecule has 0 unspecified atom stereocenters. The van der Waals surface area contributed by atoms with Gasteiger partial charge in [-0.25, -0.2) is 9.97 Å². The van der Waals surface area contributed by atoms with E-state index in [-0.39, 0.29) is 0 Å². The molecule has 0 amide bonds. The number of benzene rings is 2. The molecule has 2 aliphatic heterocycles. The number of nitrogens with zero attached hydrogens (tertiary/aromatic N) is 4. The predicted octanol–water partition coefficient (Wildman–Crippen LogP) is 4.74. The second kappa shape index (κ2) is 6.07. The lowest BCUT2D eigenvalue weighted by molar-refractivity contribution is 0.789. The molecule has 5 nitrogen and oxygen atoms in total. The van der Waals surface area contributed by atoms with Gasteiger partial charge in [-0.2, -0.15) is 5.10 Å². The van der Waals surface area contributed by atoms with Crippen LogP contribution in [0.2, 0.25) is 0 Å². The minimum atomic E-state index is 0.644. The maximum Gasteiger partial charge on any atom is 0.182 e. The molecule has 0 saturated heterocycles. The van der Waals surface area contributed by atoms with Crippen molar-refractivity contribution in [3.05, 3.63) is 77.0 Å². The van der Waals surface area contributed by atoms with Gasteiger partial charge in [-0.3, -0.25) is 5.10 Å². The highest BCUT2D eigenvalue weighted by molar-refractivity contribution is 9.10. The number of aromatic amines is 1. The largest absolute Gasteiger partial charge is 0.348 e. The summed E-state index contributed by atoms with van der Waals surface area (Å²) in [6.07, 6.45) is 4.07. The minimum absolute atomic E-state index is 0.644. The van der Waals surface area contributed by atoms with Crippen molar-refractivity contribution in [3.8, 4) is 22.9 Å². The first kappa shape index (κ1) is 15.3. The summed E-state index contributed by atoms with van der Waals surface area (Å²) in [5.74, 6) is 0.644. The van der Waals surface area contributed by atoms with Crippen LogP contribution >= 0.6 is 15.9 Å². The molecule has 0 aliphatic carbocycles. The lowest BCUT2D eigenvalue weighted by Gasteiger charge is -2.07. The number of hydrogen-bond donors (Lipinski definition) is 1. The number of nitrogens with one attached hydrogen (secondary N) is 1. The summed E-state index contributed by atoms with van der Waals surface area (Å²) in [6.45, 7) is 0.804. The summed E-state index contributed by atoms with van der Waals surface area (Å²) in [6, 6.07) is 18.4. The molecule has 6 heteroatoms. The van der Waals surface area contributed by atoms with E-state index < -0.39 is 0 Å². The Morgan fingerprint density at radius 3 is 2.69 bits per heavy atom. The Kier molecular flexibility index (Phi) is 3.57. The van der Waals surface area contributed by atoms with E-state index in [4.69, 9.17) is 4.98 Å². The van der Waals surface area contributed by atoms with E-state index in [0.29, 0.717) is 5.82 Å². The van der Waals surface area contributed by atoms with Crippen molar-refractivity contribution in [2.24, 2.45) is 0 Å². The third-order valence-electron chi connectivity index (χ3n) is 4.37. The number of H-pyrrole nitrogens is 1. The summed E-state index contributed by atoms with van der Waals surface area (Å²) in [7, 11) is 0. The predicted molar refractivity (Wildman–Crippen MR) is 105 cm³/mol. The van der Waals surface area contributed by atoms with Gasteiger partial charge in [-0.15, -0.1) is 0 Å². The first-order valence-electron chi connectivity index (χ1n) is 8.28. The van der Waals surface area contributed by atoms with Gasteiger partial charge in [0, 0.05) is 28.8 Å². The lowest BCUT2D eigenvalue weighted by atomic mass is 10.2. The van der Waals surface area contributed by atoms with Crippen LogP contribution in [0.1, 0.15) is 5.56 Å². The topological polar surface area (TPSA) is 59.4 Å². The van der Waals surface area contributed by atoms with E-state index in [1.165, 1.54) is 5.56 Å². The zero-order chi connectivity index (χ0) is 17.5. The summed E-state index contributed by atoms with van der Waals surface area (Å²) in [5, 5.41) is 8.48. The van der Waals surface area contributed by atoms with Crippen molar-refractivity contribution in [1.82, 2.24) is 24.7 Å². The second-order valence-electron chi connectivity index (χ2n) is 6.18. The smallest absolute Gasteiger partial charge is 0.182 e. The standard InChI is InChI=1S/C20H14BrN5/c21-14-6-7-15-17(10-14)24-25-19(15)20-22-16-8-9-26(12-18(16)23-20)11-13-4-2-1-3-5-13/h1-10,12H,11H2,(H,24,25). The Hall–Kier alpha value is -2.99. The number of aromatic nitrogens is 5. The number of fused-ring (bicyclic) bond motifs is 2. The Morgan fingerprint density at radius 2 is 1.81 bits per heavy atom. The van der Waals surface area contributed by atoms with Crippen LogP contribution in [0.25, 0.3) is 33.8 Å². The van der Waals surface area contributed by atoms with E-state index >= 15 is 0 Å². The average Bonchev–Trinajstić information content (AvgIpc) is 3.25. The van der Waals surface area contributed by atoms with Crippen LogP contribution in [-0.4, -0.2) is 24.7 Å². The van der Waals surface area contributed by atoms with E-state index in [1.807, 2.05) is 42.7 Å². The van der Waals surface area contributed by atoms with E-state index in [1.54, 1.807) is 0 Å². The zero-order valence-corrected chi connectivity index (χ0v) is 15.3. The van der Waals surface area contributed by atoms with Gasteiger partial charge >= 0.3 is 0 Å². The average molecular weight is 404 g/mol. The van der Waals surface area contributed by atoms with Crippen molar-refractivity contribution >= 4 is 26.8 Å². The Labute approximate surface area is 158 Å². The fourth-order valence-corrected chi connectivity index (χ4v) is 3.47. The maximum absolute atomic E-state index is 4.70. The van der Waals surface area contributed by atoms with Gasteiger partial charge in [0.25, 0.3) is 0 Å². The van der Waals surface area contributed by atoms with Gasteiger partial charge in [0.2, 0.25) is 0 Å². The number of hydrogen-bond acceptors (Lipinski definition) is 3. The Morgan fingerprint density at radius 1 is 0.962 bits per heavy atom. The molecule has 1 N–H and O–H groups in total. The SMILES string of the molecule is Brc1ccc2c(-c3nc4ccn(Cc5ccccc5)cc-4n3)n[nH]c2c1. The summed E-state index contributed by atoms with van der Waals surface area (Å²) < 4.78 is 3.13. The Bertz CT molecular complexity index is 1180. The number of halogens is 1. The third kappa shape index (κ3) is 2.68. The molecule has 0 radical (unpaired) electrons. The molecule has 3 aromatic rings. The van der Waals surface area contributed by atoms with Crippen LogP contribution in [-0.2, 0) is 6.54 Å². The maximum atomic E-state index is 4.70. The normalized spacial score (nSPS) is 11.4.